The Morgan fingerprint density at radius 1 is 0.871 bits per heavy atom. The number of amides is 2. The molecule has 0 radical (unpaired) electrons. The van der Waals surface area contributed by atoms with E-state index in [1.54, 1.807) is 0 Å². The van der Waals surface area contributed by atoms with E-state index in [0.717, 1.165) is 31.4 Å². The second-order valence-electron chi connectivity index (χ2n) is 8.88. The van der Waals surface area contributed by atoms with Crippen LogP contribution in [0.3, 0.4) is 0 Å². The highest BCUT2D eigenvalue weighted by atomic mass is 19.4. The highest BCUT2D eigenvalue weighted by Gasteiger charge is 2.53. The second-order valence-corrected chi connectivity index (χ2v) is 8.88. The number of aryl methyl sites for hydroxylation is 1. The molecule has 0 atom stereocenters. The van der Waals surface area contributed by atoms with Crippen molar-refractivity contribution >= 4 is 11.8 Å². The SMILES string of the molecule is Cc1ccc(C(=O)NNC(=O)C23CCC(c4ccccc4)(CC2)CC3)c(C(F)(F)F)c1. The molecule has 31 heavy (non-hydrogen) atoms. The third kappa shape index (κ3) is 3.93. The molecule has 4 nitrogen and oxygen atoms in total. The van der Waals surface area contributed by atoms with E-state index in [0.29, 0.717) is 24.8 Å². The second kappa shape index (κ2) is 7.70. The zero-order chi connectivity index (χ0) is 22.3. The Balaban J connectivity index is 1.42. The van der Waals surface area contributed by atoms with Crippen LogP contribution in [0.2, 0.25) is 0 Å². The van der Waals surface area contributed by atoms with Gasteiger partial charge in [-0.1, -0.05) is 42.0 Å². The van der Waals surface area contributed by atoms with Crippen LogP contribution in [0.1, 0.15) is 65.6 Å². The van der Waals surface area contributed by atoms with Crippen molar-refractivity contribution in [3.8, 4) is 0 Å². The molecule has 7 heteroatoms. The number of halogens is 3. The predicted molar refractivity (Wildman–Crippen MR) is 110 cm³/mol. The van der Waals surface area contributed by atoms with Crippen LogP contribution in [0.25, 0.3) is 0 Å². The summed E-state index contributed by atoms with van der Waals surface area (Å²) in [6, 6.07) is 13.8. The molecule has 0 aromatic heterocycles. The Hall–Kier alpha value is -2.83. The van der Waals surface area contributed by atoms with Crippen molar-refractivity contribution in [3.63, 3.8) is 0 Å². The van der Waals surface area contributed by atoms with E-state index in [1.165, 1.54) is 18.6 Å². The highest BCUT2D eigenvalue weighted by molar-refractivity contribution is 5.97. The van der Waals surface area contributed by atoms with E-state index in [9.17, 15) is 22.8 Å². The summed E-state index contributed by atoms with van der Waals surface area (Å²) < 4.78 is 39.9. The largest absolute Gasteiger partial charge is 0.417 e. The quantitative estimate of drug-likeness (QED) is 0.669. The maximum absolute atomic E-state index is 13.3. The van der Waals surface area contributed by atoms with Gasteiger partial charge in [-0.05, 0) is 68.6 Å². The molecular formula is C24H25F3N2O2. The van der Waals surface area contributed by atoms with Gasteiger partial charge in [0.25, 0.3) is 5.91 Å². The monoisotopic (exact) mass is 430 g/mol. The van der Waals surface area contributed by atoms with Crippen LogP contribution < -0.4 is 10.9 Å². The standard InChI is InChI=1S/C24H25F3N2O2/c1-16-7-8-18(19(15-16)24(25,26)27)20(30)28-29-21(31)23-12-9-22(10-13-23,11-14-23)17-5-3-2-4-6-17/h2-8,15H,9-14H2,1H3,(H,28,30)(H,29,31). The first-order valence-corrected chi connectivity index (χ1v) is 10.5. The number of alkyl halides is 3. The number of hydrogen-bond donors (Lipinski definition) is 2. The number of carbonyl (C=O) groups is 2. The molecule has 2 N–H and O–H groups in total. The summed E-state index contributed by atoms with van der Waals surface area (Å²) in [5, 5.41) is 0. The van der Waals surface area contributed by atoms with Crippen LogP contribution >= 0.6 is 0 Å². The van der Waals surface area contributed by atoms with Gasteiger partial charge < -0.3 is 0 Å². The minimum atomic E-state index is -4.66. The Labute approximate surface area is 179 Å². The van der Waals surface area contributed by atoms with Crippen molar-refractivity contribution in [3.05, 3.63) is 70.8 Å². The Bertz CT molecular complexity index is 977. The van der Waals surface area contributed by atoms with Crippen LogP contribution in [-0.4, -0.2) is 11.8 Å². The molecule has 3 saturated carbocycles. The number of fused-ring (bicyclic) bond motifs is 3. The smallest absolute Gasteiger partial charge is 0.273 e. The lowest BCUT2D eigenvalue weighted by molar-refractivity contribution is -0.138. The molecule has 2 bridgehead atoms. The van der Waals surface area contributed by atoms with Gasteiger partial charge in [-0.2, -0.15) is 13.2 Å². The van der Waals surface area contributed by atoms with Gasteiger partial charge in [0, 0.05) is 0 Å². The van der Waals surface area contributed by atoms with Gasteiger partial charge in [0.1, 0.15) is 0 Å². The van der Waals surface area contributed by atoms with Gasteiger partial charge in [0.05, 0.1) is 16.5 Å². The normalized spacial score (nSPS) is 25.2. The summed E-state index contributed by atoms with van der Waals surface area (Å²) in [6.07, 6.45) is 0.0817. The Morgan fingerprint density at radius 2 is 1.48 bits per heavy atom. The number of nitrogens with one attached hydrogen (secondary N) is 2. The molecule has 2 aromatic carbocycles. The summed E-state index contributed by atoms with van der Waals surface area (Å²) in [5.41, 5.74) is 4.31. The maximum Gasteiger partial charge on any atom is 0.417 e. The zero-order valence-electron chi connectivity index (χ0n) is 17.3. The topological polar surface area (TPSA) is 58.2 Å². The number of rotatable bonds is 3. The minimum absolute atomic E-state index is 0.0933. The van der Waals surface area contributed by atoms with Crippen molar-refractivity contribution in [2.24, 2.45) is 5.41 Å². The summed E-state index contributed by atoms with van der Waals surface area (Å²) >= 11 is 0. The molecule has 0 heterocycles. The van der Waals surface area contributed by atoms with Crippen molar-refractivity contribution in [2.75, 3.05) is 0 Å². The fourth-order valence-corrected chi connectivity index (χ4v) is 5.16. The van der Waals surface area contributed by atoms with E-state index < -0.39 is 28.6 Å². The van der Waals surface area contributed by atoms with Crippen LogP contribution in [0.4, 0.5) is 13.2 Å². The molecule has 5 rings (SSSR count). The van der Waals surface area contributed by atoms with Crippen LogP contribution in [0.5, 0.6) is 0 Å². The molecule has 2 aromatic rings. The first-order valence-electron chi connectivity index (χ1n) is 10.5. The first kappa shape index (κ1) is 21.4. The lowest BCUT2D eigenvalue weighted by atomic mass is 9.51. The van der Waals surface area contributed by atoms with E-state index in [2.05, 4.69) is 23.0 Å². The highest BCUT2D eigenvalue weighted by Crippen LogP contribution is 2.57. The number of benzene rings is 2. The molecule has 0 spiro atoms. The molecule has 0 aliphatic heterocycles. The molecule has 3 fully saturated rings. The van der Waals surface area contributed by atoms with E-state index in [4.69, 9.17) is 0 Å². The number of hydrogen-bond acceptors (Lipinski definition) is 2. The van der Waals surface area contributed by atoms with Gasteiger partial charge in [-0.3, -0.25) is 20.4 Å². The Morgan fingerprint density at radius 3 is 2.06 bits per heavy atom. The summed E-state index contributed by atoms with van der Waals surface area (Å²) in [7, 11) is 0. The average Bonchev–Trinajstić information content (AvgIpc) is 2.78. The zero-order valence-corrected chi connectivity index (χ0v) is 17.3. The van der Waals surface area contributed by atoms with E-state index >= 15 is 0 Å². The van der Waals surface area contributed by atoms with Gasteiger partial charge in [-0.15, -0.1) is 0 Å². The van der Waals surface area contributed by atoms with Crippen molar-refractivity contribution in [1.82, 2.24) is 10.9 Å². The third-order valence-corrected chi connectivity index (χ3v) is 7.13. The summed E-state index contributed by atoms with van der Waals surface area (Å²) in [5.74, 6) is -1.29. The lowest BCUT2D eigenvalue weighted by Crippen LogP contribution is -2.55. The predicted octanol–water partition coefficient (Wildman–Crippen LogP) is 5.07. The van der Waals surface area contributed by atoms with E-state index in [-0.39, 0.29) is 11.3 Å². The van der Waals surface area contributed by atoms with E-state index in [1.807, 2.05) is 18.2 Å². The third-order valence-electron chi connectivity index (χ3n) is 7.13. The minimum Gasteiger partial charge on any atom is -0.273 e. The summed E-state index contributed by atoms with van der Waals surface area (Å²) in [4.78, 5) is 25.4. The summed E-state index contributed by atoms with van der Waals surface area (Å²) in [6.45, 7) is 1.53. The first-order chi connectivity index (χ1) is 14.7. The van der Waals surface area contributed by atoms with Crippen LogP contribution in [0, 0.1) is 12.3 Å². The van der Waals surface area contributed by atoms with Gasteiger partial charge >= 0.3 is 6.18 Å². The molecule has 164 valence electrons. The van der Waals surface area contributed by atoms with Crippen molar-refractivity contribution in [2.45, 2.75) is 57.0 Å². The molecule has 3 aliphatic rings. The number of hydrazine groups is 1. The Kier molecular flexibility index (Phi) is 5.31. The molecular weight excluding hydrogens is 405 g/mol. The van der Waals surface area contributed by atoms with Crippen molar-refractivity contribution in [1.29, 1.82) is 0 Å². The van der Waals surface area contributed by atoms with Crippen LogP contribution in [-0.2, 0) is 16.4 Å². The van der Waals surface area contributed by atoms with Gasteiger partial charge in [0.2, 0.25) is 5.91 Å². The fourth-order valence-electron chi connectivity index (χ4n) is 5.16. The molecule has 2 amide bonds. The van der Waals surface area contributed by atoms with Crippen LogP contribution in [0.15, 0.2) is 48.5 Å². The average molecular weight is 430 g/mol. The molecule has 3 aliphatic carbocycles. The van der Waals surface area contributed by atoms with Gasteiger partial charge in [-0.25, -0.2) is 0 Å². The number of carbonyl (C=O) groups excluding carboxylic acids is 2. The van der Waals surface area contributed by atoms with Crippen molar-refractivity contribution < 1.29 is 22.8 Å². The van der Waals surface area contributed by atoms with Gasteiger partial charge in [0.15, 0.2) is 0 Å². The fraction of sp³-hybridized carbons (Fsp3) is 0.417. The lowest BCUT2D eigenvalue weighted by Gasteiger charge is -2.52. The molecule has 0 saturated heterocycles. The maximum atomic E-state index is 13.3. The molecule has 0 unspecified atom stereocenters.